The Morgan fingerprint density at radius 3 is 2.85 bits per heavy atom. The van der Waals surface area contributed by atoms with Crippen LogP contribution in [0.25, 0.3) is 0 Å². The second-order valence-corrected chi connectivity index (χ2v) is 5.44. The maximum Gasteiger partial charge on any atom is 0.118 e. The van der Waals surface area contributed by atoms with Gasteiger partial charge in [0.05, 0.1) is 0 Å². The quantitative estimate of drug-likeness (QED) is 0.766. The smallest absolute Gasteiger partial charge is 0.118 e. The summed E-state index contributed by atoms with van der Waals surface area (Å²) in [6.45, 7) is 4.27. The molecule has 0 bridgehead atoms. The minimum Gasteiger partial charge on any atom is -0.361 e. The number of allylic oxidation sites excluding steroid dienone is 9. The zero-order valence-corrected chi connectivity index (χ0v) is 12.0. The summed E-state index contributed by atoms with van der Waals surface area (Å²) in [5, 5.41) is 3.39. The first-order valence-electron chi connectivity index (χ1n) is 7.34. The van der Waals surface area contributed by atoms with Gasteiger partial charge < -0.3 is 5.32 Å². The first kappa shape index (κ1) is 13.2. The third-order valence-electron chi connectivity index (χ3n) is 4.32. The Kier molecular flexibility index (Phi) is 3.47. The fourth-order valence-corrected chi connectivity index (χ4v) is 3.22. The molecule has 0 fully saturated rings. The van der Waals surface area contributed by atoms with E-state index >= 15 is 0 Å². The molecule has 0 aromatic carbocycles. The number of dihydropyridines is 1. The Balaban J connectivity index is 1.97. The molecule has 3 aliphatic rings. The van der Waals surface area contributed by atoms with Gasteiger partial charge in [0, 0.05) is 29.3 Å². The SMILES string of the molecule is C/C=C1\NC=C(C2C=CC(F)=CC2)C2=C1C=CC2CC. The van der Waals surface area contributed by atoms with Crippen LogP contribution in [0, 0.1) is 11.8 Å². The van der Waals surface area contributed by atoms with Crippen LogP contribution >= 0.6 is 0 Å². The van der Waals surface area contributed by atoms with Gasteiger partial charge in [0.1, 0.15) is 5.83 Å². The van der Waals surface area contributed by atoms with E-state index in [0.29, 0.717) is 5.92 Å². The predicted molar refractivity (Wildman–Crippen MR) is 81.4 cm³/mol. The summed E-state index contributed by atoms with van der Waals surface area (Å²) in [5.74, 6) is 0.641. The molecule has 0 spiro atoms. The lowest BCUT2D eigenvalue weighted by molar-refractivity contribution is 0.622. The van der Waals surface area contributed by atoms with Crippen LogP contribution in [0.4, 0.5) is 4.39 Å². The zero-order chi connectivity index (χ0) is 14.1. The van der Waals surface area contributed by atoms with Crippen molar-refractivity contribution in [2.24, 2.45) is 11.8 Å². The van der Waals surface area contributed by atoms with Crippen LogP contribution in [0.2, 0.25) is 0 Å². The van der Waals surface area contributed by atoms with Gasteiger partial charge in [-0.15, -0.1) is 0 Å². The highest BCUT2D eigenvalue weighted by molar-refractivity contribution is 5.60. The summed E-state index contributed by atoms with van der Waals surface area (Å²) >= 11 is 0. The van der Waals surface area contributed by atoms with Gasteiger partial charge in [-0.1, -0.05) is 31.2 Å². The van der Waals surface area contributed by atoms with Gasteiger partial charge in [-0.3, -0.25) is 0 Å². The molecule has 3 rings (SSSR count). The van der Waals surface area contributed by atoms with Crippen molar-refractivity contribution < 1.29 is 4.39 Å². The highest BCUT2D eigenvalue weighted by Crippen LogP contribution is 2.42. The maximum absolute atomic E-state index is 13.2. The van der Waals surface area contributed by atoms with Crippen molar-refractivity contribution in [2.45, 2.75) is 26.7 Å². The number of hydrogen-bond acceptors (Lipinski definition) is 1. The van der Waals surface area contributed by atoms with Gasteiger partial charge in [0.15, 0.2) is 0 Å². The second kappa shape index (κ2) is 5.28. The zero-order valence-electron chi connectivity index (χ0n) is 12.0. The first-order chi connectivity index (χ1) is 9.74. The van der Waals surface area contributed by atoms with E-state index < -0.39 is 0 Å². The van der Waals surface area contributed by atoms with Crippen LogP contribution in [0.15, 0.2) is 70.9 Å². The van der Waals surface area contributed by atoms with Crippen LogP contribution in [0.1, 0.15) is 26.7 Å². The molecular weight excluding hydrogens is 249 g/mol. The van der Waals surface area contributed by atoms with Gasteiger partial charge in [-0.2, -0.15) is 0 Å². The van der Waals surface area contributed by atoms with Crippen LogP contribution < -0.4 is 5.32 Å². The summed E-state index contributed by atoms with van der Waals surface area (Å²) in [5.41, 5.74) is 5.21. The highest BCUT2D eigenvalue weighted by Gasteiger charge is 2.30. The van der Waals surface area contributed by atoms with E-state index in [4.69, 9.17) is 0 Å². The minimum absolute atomic E-state index is 0.120. The maximum atomic E-state index is 13.2. The number of halogens is 1. The molecule has 1 N–H and O–H groups in total. The topological polar surface area (TPSA) is 12.0 Å². The van der Waals surface area contributed by atoms with Crippen molar-refractivity contribution in [2.75, 3.05) is 0 Å². The normalized spacial score (nSPS) is 30.2. The van der Waals surface area contributed by atoms with E-state index in [1.54, 1.807) is 12.2 Å². The molecule has 0 saturated heterocycles. The van der Waals surface area contributed by atoms with E-state index in [1.807, 2.05) is 6.08 Å². The first-order valence-corrected chi connectivity index (χ1v) is 7.34. The van der Waals surface area contributed by atoms with E-state index in [1.165, 1.54) is 22.4 Å². The van der Waals surface area contributed by atoms with Crippen LogP contribution in [-0.2, 0) is 0 Å². The van der Waals surface area contributed by atoms with Gasteiger partial charge in [-0.25, -0.2) is 4.39 Å². The molecule has 104 valence electrons. The van der Waals surface area contributed by atoms with E-state index in [9.17, 15) is 4.39 Å². The largest absolute Gasteiger partial charge is 0.361 e. The average molecular weight is 269 g/mol. The molecule has 0 aromatic heterocycles. The van der Waals surface area contributed by atoms with Crippen molar-refractivity contribution in [1.82, 2.24) is 5.32 Å². The molecule has 20 heavy (non-hydrogen) atoms. The molecule has 0 aromatic rings. The summed E-state index contributed by atoms with van der Waals surface area (Å²) in [6, 6.07) is 0. The Labute approximate surface area is 120 Å². The Morgan fingerprint density at radius 2 is 2.20 bits per heavy atom. The molecule has 2 unspecified atom stereocenters. The number of hydrogen-bond donors (Lipinski definition) is 1. The van der Waals surface area contributed by atoms with E-state index in [-0.39, 0.29) is 11.7 Å². The lowest BCUT2D eigenvalue weighted by Gasteiger charge is -2.28. The van der Waals surface area contributed by atoms with E-state index in [0.717, 1.165) is 12.8 Å². The lowest BCUT2D eigenvalue weighted by atomic mass is 9.80. The van der Waals surface area contributed by atoms with Crippen LogP contribution in [0.5, 0.6) is 0 Å². The standard InChI is InChI=1S/C18H20FN/c1-3-12-7-10-15-17(4-2)20-11-16(18(12)15)13-5-8-14(19)9-6-13/h4-5,7-13,20H,3,6H2,1-2H3/b17-4-. The summed E-state index contributed by atoms with van der Waals surface area (Å²) in [7, 11) is 0. The lowest BCUT2D eigenvalue weighted by Crippen LogP contribution is -2.21. The van der Waals surface area contributed by atoms with Crippen molar-refractivity contribution >= 4 is 0 Å². The van der Waals surface area contributed by atoms with Crippen LogP contribution in [0.3, 0.4) is 0 Å². The van der Waals surface area contributed by atoms with Crippen molar-refractivity contribution in [3.8, 4) is 0 Å². The molecule has 1 nitrogen and oxygen atoms in total. The highest BCUT2D eigenvalue weighted by atomic mass is 19.1. The molecule has 2 heteroatoms. The van der Waals surface area contributed by atoms with E-state index in [2.05, 4.69) is 43.6 Å². The summed E-state index contributed by atoms with van der Waals surface area (Å²) in [4.78, 5) is 0. The third-order valence-corrected chi connectivity index (χ3v) is 4.32. The fourth-order valence-electron chi connectivity index (χ4n) is 3.22. The fraction of sp³-hybridized carbons (Fsp3) is 0.333. The molecule has 2 aliphatic carbocycles. The average Bonchev–Trinajstić information content (AvgIpc) is 2.91. The Hall–Kier alpha value is -1.83. The third kappa shape index (κ3) is 2.09. The van der Waals surface area contributed by atoms with Crippen LogP contribution in [-0.4, -0.2) is 0 Å². The molecule has 1 aliphatic heterocycles. The Morgan fingerprint density at radius 1 is 1.35 bits per heavy atom. The van der Waals surface area contributed by atoms with Gasteiger partial charge in [0.25, 0.3) is 0 Å². The monoisotopic (exact) mass is 269 g/mol. The van der Waals surface area contributed by atoms with Crippen molar-refractivity contribution in [3.63, 3.8) is 0 Å². The van der Waals surface area contributed by atoms with Crippen molar-refractivity contribution in [1.29, 1.82) is 0 Å². The second-order valence-electron chi connectivity index (χ2n) is 5.44. The molecule has 0 radical (unpaired) electrons. The summed E-state index contributed by atoms with van der Waals surface area (Å²) in [6.07, 6.45) is 15.8. The molecule has 1 heterocycles. The molecule has 0 saturated carbocycles. The molecular formula is C18H20FN. The van der Waals surface area contributed by atoms with Crippen molar-refractivity contribution in [3.05, 3.63) is 70.9 Å². The number of rotatable bonds is 2. The van der Waals surface area contributed by atoms with Gasteiger partial charge >= 0.3 is 0 Å². The minimum atomic E-state index is -0.120. The predicted octanol–water partition coefficient (Wildman–Crippen LogP) is 4.70. The molecule has 2 atom stereocenters. The number of nitrogens with one attached hydrogen (secondary N) is 1. The van der Waals surface area contributed by atoms with Gasteiger partial charge in [0.2, 0.25) is 0 Å². The van der Waals surface area contributed by atoms with Gasteiger partial charge in [-0.05, 0) is 43.1 Å². The Bertz CT molecular complexity index is 599. The molecule has 0 amide bonds. The summed E-state index contributed by atoms with van der Waals surface area (Å²) < 4.78 is 13.2.